The van der Waals surface area contributed by atoms with E-state index in [-0.39, 0.29) is 5.82 Å². The fourth-order valence-corrected chi connectivity index (χ4v) is 3.23. The number of nitrogens with one attached hydrogen (secondary N) is 1. The van der Waals surface area contributed by atoms with E-state index >= 15 is 0 Å². The lowest BCUT2D eigenvalue weighted by Gasteiger charge is -2.25. The minimum absolute atomic E-state index is 0.222. The molecule has 1 aromatic carbocycles. The van der Waals surface area contributed by atoms with Crippen LogP contribution in [0.4, 0.5) is 4.39 Å². The molecule has 0 atom stereocenters. The van der Waals surface area contributed by atoms with Crippen molar-refractivity contribution in [2.24, 2.45) is 5.92 Å². The van der Waals surface area contributed by atoms with Crippen LogP contribution in [0.1, 0.15) is 5.01 Å². The lowest BCUT2D eigenvalue weighted by atomic mass is 10.0. The highest BCUT2D eigenvalue weighted by atomic mass is 79.9. The summed E-state index contributed by atoms with van der Waals surface area (Å²) < 4.78 is 14.6. The molecule has 0 saturated carbocycles. The van der Waals surface area contributed by atoms with Gasteiger partial charge in [0.05, 0.1) is 10.7 Å². The monoisotopic (exact) mass is 326 g/mol. The van der Waals surface area contributed by atoms with Crippen LogP contribution < -0.4 is 5.32 Å². The summed E-state index contributed by atoms with van der Waals surface area (Å²) >= 11 is 4.98. The quantitative estimate of drug-likeness (QED) is 0.934. The first kappa shape index (κ1) is 12.3. The molecule has 18 heavy (non-hydrogen) atoms. The van der Waals surface area contributed by atoms with E-state index in [0.717, 1.165) is 34.7 Å². The molecule has 0 bridgehead atoms. The van der Waals surface area contributed by atoms with Crippen LogP contribution in [0.3, 0.4) is 0 Å². The van der Waals surface area contributed by atoms with E-state index < -0.39 is 0 Å². The molecule has 0 amide bonds. The number of thiazole rings is 1. The number of halogens is 2. The summed E-state index contributed by atoms with van der Waals surface area (Å²) in [6.45, 7) is 2.14. The first-order valence-corrected chi connectivity index (χ1v) is 7.50. The van der Waals surface area contributed by atoms with Crippen molar-refractivity contribution in [3.8, 4) is 11.3 Å². The van der Waals surface area contributed by atoms with E-state index in [4.69, 9.17) is 0 Å². The zero-order valence-corrected chi connectivity index (χ0v) is 12.0. The van der Waals surface area contributed by atoms with Crippen LogP contribution in [0.2, 0.25) is 0 Å². The van der Waals surface area contributed by atoms with Gasteiger partial charge in [-0.25, -0.2) is 9.37 Å². The number of nitrogens with zero attached hydrogens (tertiary/aromatic N) is 1. The van der Waals surface area contributed by atoms with E-state index in [2.05, 4.69) is 26.2 Å². The minimum atomic E-state index is -0.222. The SMILES string of the molecule is Fc1ccc(Br)cc1-c1csc(CC2CNC2)n1. The number of aromatic nitrogens is 1. The van der Waals surface area contributed by atoms with Gasteiger partial charge in [-0.15, -0.1) is 11.3 Å². The van der Waals surface area contributed by atoms with Crippen molar-refractivity contribution in [2.75, 3.05) is 13.1 Å². The van der Waals surface area contributed by atoms with Gasteiger partial charge in [0.1, 0.15) is 5.82 Å². The fourth-order valence-electron chi connectivity index (χ4n) is 1.96. The molecule has 2 aromatic rings. The highest BCUT2D eigenvalue weighted by Gasteiger charge is 2.19. The summed E-state index contributed by atoms with van der Waals surface area (Å²) in [6, 6.07) is 4.94. The molecule has 1 aromatic heterocycles. The summed E-state index contributed by atoms with van der Waals surface area (Å²) in [5.74, 6) is 0.469. The molecule has 0 radical (unpaired) electrons. The average molecular weight is 327 g/mol. The van der Waals surface area contributed by atoms with Gasteiger partial charge < -0.3 is 5.32 Å². The third-order valence-electron chi connectivity index (χ3n) is 3.09. The Hall–Kier alpha value is -0.780. The molecular weight excluding hydrogens is 315 g/mol. The summed E-state index contributed by atoms with van der Waals surface area (Å²) in [5.41, 5.74) is 1.31. The van der Waals surface area contributed by atoms with E-state index in [1.165, 1.54) is 6.07 Å². The molecule has 0 aliphatic carbocycles. The zero-order chi connectivity index (χ0) is 12.5. The fraction of sp³-hybridized carbons (Fsp3) is 0.308. The normalized spacial score (nSPS) is 15.7. The number of rotatable bonds is 3. The van der Waals surface area contributed by atoms with Crippen molar-refractivity contribution in [1.29, 1.82) is 0 Å². The van der Waals surface area contributed by atoms with Crippen LogP contribution in [0, 0.1) is 11.7 Å². The van der Waals surface area contributed by atoms with Crippen molar-refractivity contribution in [1.82, 2.24) is 10.3 Å². The molecule has 1 fully saturated rings. The largest absolute Gasteiger partial charge is 0.316 e. The Labute approximate surface area is 117 Å². The second kappa shape index (κ2) is 5.07. The Kier molecular flexibility index (Phi) is 3.46. The average Bonchev–Trinajstić information content (AvgIpc) is 2.75. The van der Waals surface area contributed by atoms with E-state index in [0.29, 0.717) is 11.5 Å². The van der Waals surface area contributed by atoms with E-state index in [9.17, 15) is 4.39 Å². The topological polar surface area (TPSA) is 24.9 Å². The third-order valence-corrected chi connectivity index (χ3v) is 4.45. The highest BCUT2D eigenvalue weighted by molar-refractivity contribution is 9.10. The van der Waals surface area contributed by atoms with Gasteiger partial charge >= 0.3 is 0 Å². The second-order valence-electron chi connectivity index (χ2n) is 4.48. The smallest absolute Gasteiger partial charge is 0.132 e. The van der Waals surface area contributed by atoms with E-state index in [1.54, 1.807) is 23.5 Å². The molecule has 1 saturated heterocycles. The van der Waals surface area contributed by atoms with Gasteiger partial charge in [0, 0.05) is 21.8 Å². The molecular formula is C13H12BrFN2S. The molecule has 0 spiro atoms. The Morgan fingerprint density at radius 3 is 3.00 bits per heavy atom. The molecule has 2 nitrogen and oxygen atoms in total. The van der Waals surface area contributed by atoms with Crippen LogP contribution in [-0.2, 0) is 6.42 Å². The predicted octanol–water partition coefficient (Wildman–Crippen LogP) is 3.47. The van der Waals surface area contributed by atoms with Gasteiger partial charge in [0.2, 0.25) is 0 Å². The molecule has 1 aliphatic rings. The lowest BCUT2D eigenvalue weighted by molar-refractivity contribution is 0.346. The van der Waals surface area contributed by atoms with Gasteiger partial charge in [-0.05, 0) is 37.2 Å². The van der Waals surface area contributed by atoms with E-state index in [1.807, 2.05) is 5.38 Å². The molecule has 5 heteroatoms. The number of benzene rings is 1. The van der Waals surface area contributed by atoms with Crippen LogP contribution in [-0.4, -0.2) is 18.1 Å². The molecule has 1 aliphatic heterocycles. The first-order valence-electron chi connectivity index (χ1n) is 5.83. The Morgan fingerprint density at radius 1 is 1.44 bits per heavy atom. The van der Waals surface area contributed by atoms with Gasteiger partial charge in [-0.3, -0.25) is 0 Å². The molecule has 3 rings (SSSR count). The maximum absolute atomic E-state index is 13.7. The van der Waals surface area contributed by atoms with Crippen molar-refractivity contribution in [3.05, 3.63) is 38.9 Å². The Balaban J connectivity index is 1.85. The Morgan fingerprint density at radius 2 is 2.28 bits per heavy atom. The molecule has 1 N–H and O–H groups in total. The van der Waals surface area contributed by atoms with Crippen LogP contribution in [0.15, 0.2) is 28.1 Å². The van der Waals surface area contributed by atoms with Gasteiger partial charge in [0.15, 0.2) is 0 Å². The van der Waals surface area contributed by atoms with Crippen molar-refractivity contribution < 1.29 is 4.39 Å². The molecule has 94 valence electrons. The van der Waals surface area contributed by atoms with Gasteiger partial charge in [-0.2, -0.15) is 0 Å². The summed E-state index contributed by atoms with van der Waals surface area (Å²) in [5, 5.41) is 6.28. The second-order valence-corrected chi connectivity index (χ2v) is 6.34. The maximum atomic E-state index is 13.7. The number of hydrogen-bond acceptors (Lipinski definition) is 3. The van der Waals surface area contributed by atoms with Crippen LogP contribution in [0.25, 0.3) is 11.3 Å². The van der Waals surface area contributed by atoms with Crippen LogP contribution >= 0.6 is 27.3 Å². The third kappa shape index (κ3) is 2.48. The van der Waals surface area contributed by atoms with Crippen molar-refractivity contribution >= 4 is 27.3 Å². The molecule has 0 unspecified atom stereocenters. The van der Waals surface area contributed by atoms with Crippen LogP contribution in [0.5, 0.6) is 0 Å². The summed E-state index contributed by atoms with van der Waals surface area (Å²) in [4.78, 5) is 4.53. The number of hydrogen-bond donors (Lipinski definition) is 1. The van der Waals surface area contributed by atoms with Crippen molar-refractivity contribution in [3.63, 3.8) is 0 Å². The predicted molar refractivity (Wildman–Crippen MR) is 75.3 cm³/mol. The summed E-state index contributed by atoms with van der Waals surface area (Å²) in [6.07, 6.45) is 0.993. The zero-order valence-electron chi connectivity index (χ0n) is 9.62. The van der Waals surface area contributed by atoms with Gasteiger partial charge in [0.25, 0.3) is 0 Å². The lowest BCUT2D eigenvalue weighted by Crippen LogP contribution is -2.43. The van der Waals surface area contributed by atoms with Gasteiger partial charge in [-0.1, -0.05) is 15.9 Å². The maximum Gasteiger partial charge on any atom is 0.132 e. The highest BCUT2D eigenvalue weighted by Crippen LogP contribution is 2.28. The standard InChI is InChI=1S/C13H12BrFN2S/c14-9-1-2-11(15)10(4-9)12-7-18-13(17-12)3-8-5-16-6-8/h1-2,4,7-8,16H,3,5-6H2. The van der Waals surface area contributed by atoms with Crippen molar-refractivity contribution in [2.45, 2.75) is 6.42 Å². The molecule has 2 heterocycles. The summed E-state index contributed by atoms with van der Waals surface area (Å²) in [7, 11) is 0. The first-order chi connectivity index (χ1) is 8.72. The Bertz CT molecular complexity index is 566. The minimum Gasteiger partial charge on any atom is -0.316 e.